The zero-order valence-corrected chi connectivity index (χ0v) is 19.0. The Bertz CT molecular complexity index is 785. The molecule has 5 rings (SSSR count). The molecule has 0 N–H and O–H groups in total. The van der Waals surface area contributed by atoms with Crippen molar-refractivity contribution >= 4 is 23.1 Å². The largest absolute Gasteiger partial charge is 0.440 e. The first-order chi connectivity index (χ1) is 14.7. The summed E-state index contributed by atoms with van der Waals surface area (Å²) in [5.41, 5.74) is 0.942. The van der Waals surface area contributed by atoms with Crippen molar-refractivity contribution in [3.05, 3.63) is 52.7 Å². The first kappa shape index (κ1) is 21.4. The summed E-state index contributed by atoms with van der Waals surface area (Å²) in [6, 6.07) is 14.4. The Balaban J connectivity index is 1.37. The van der Waals surface area contributed by atoms with Gasteiger partial charge in [0.15, 0.2) is 6.10 Å². The van der Waals surface area contributed by atoms with Crippen LogP contribution < -0.4 is 4.90 Å². The minimum Gasteiger partial charge on any atom is -0.440 e. The fourth-order valence-corrected chi connectivity index (χ4v) is 5.91. The van der Waals surface area contributed by atoms with Gasteiger partial charge in [0.25, 0.3) is 0 Å². The summed E-state index contributed by atoms with van der Waals surface area (Å²) in [5, 5.41) is 2.17. The Morgan fingerprint density at radius 3 is 2.63 bits per heavy atom. The Kier molecular flexibility index (Phi) is 7.11. The second-order valence-corrected chi connectivity index (χ2v) is 10.0. The number of carbonyl (C=O) groups excluding carboxylic acids is 1. The number of rotatable bonds is 9. The van der Waals surface area contributed by atoms with Gasteiger partial charge in [-0.25, -0.2) is 4.79 Å². The van der Waals surface area contributed by atoms with Crippen molar-refractivity contribution in [1.29, 1.82) is 0 Å². The maximum absolute atomic E-state index is 13.2. The van der Waals surface area contributed by atoms with Gasteiger partial charge in [0, 0.05) is 42.3 Å². The molecule has 3 aliphatic heterocycles. The van der Waals surface area contributed by atoms with Crippen molar-refractivity contribution in [2.24, 2.45) is 5.92 Å². The van der Waals surface area contributed by atoms with E-state index in [0.29, 0.717) is 5.92 Å². The van der Waals surface area contributed by atoms with Gasteiger partial charge < -0.3 is 9.22 Å². The monoisotopic (exact) mass is 427 g/mol. The zero-order valence-electron chi connectivity index (χ0n) is 18.2. The van der Waals surface area contributed by atoms with E-state index in [9.17, 15) is 4.79 Å². The van der Waals surface area contributed by atoms with Gasteiger partial charge in [-0.3, -0.25) is 4.90 Å². The quantitative estimate of drug-likeness (QED) is 0.478. The second kappa shape index (κ2) is 9.97. The first-order valence-corrected chi connectivity index (χ1v) is 12.5. The van der Waals surface area contributed by atoms with E-state index in [-0.39, 0.29) is 12.2 Å². The molecule has 2 aromatic rings. The lowest BCUT2D eigenvalue weighted by molar-refractivity contribution is -0.946. The zero-order chi connectivity index (χ0) is 20.8. The van der Waals surface area contributed by atoms with E-state index >= 15 is 0 Å². The number of quaternary nitrogens is 1. The summed E-state index contributed by atoms with van der Waals surface area (Å²) in [4.78, 5) is 16.5. The van der Waals surface area contributed by atoms with Crippen LogP contribution in [-0.2, 0) is 11.2 Å². The number of aryl methyl sites for hydroxylation is 1. The lowest BCUT2D eigenvalue weighted by Gasteiger charge is -2.52. The summed E-state index contributed by atoms with van der Waals surface area (Å²) < 4.78 is 7.33. The summed E-state index contributed by atoms with van der Waals surface area (Å²) >= 11 is 1.86. The average molecular weight is 428 g/mol. The van der Waals surface area contributed by atoms with Crippen LogP contribution in [0.3, 0.4) is 0 Å². The molecule has 0 saturated carbocycles. The molecule has 5 heteroatoms. The molecule has 30 heavy (non-hydrogen) atoms. The van der Waals surface area contributed by atoms with Gasteiger partial charge in [-0.15, -0.1) is 11.3 Å². The number of ether oxygens (including phenoxy) is 1. The first-order valence-electron chi connectivity index (χ1n) is 11.6. The molecule has 0 aliphatic carbocycles. The smallest absolute Gasteiger partial charge is 0.414 e. The molecule has 3 fully saturated rings. The third-order valence-electron chi connectivity index (χ3n) is 6.95. The molecule has 0 radical (unpaired) electrons. The summed E-state index contributed by atoms with van der Waals surface area (Å²) in [6.07, 6.45) is 6.73. The van der Waals surface area contributed by atoms with E-state index in [1.165, 1.54) is 50.2 Å². The summed E-state index contributed by atoms with van der Waals surface area (Å²) in [5.74, 6) is 0.537. The van der Waals surface area contributed by atoms with Crippen LogP contribution in [0.5, 0.6) is 0 Å². The molecule has 1 aromatic carbocycles. The number of amides is 1. The number of hydrogen-bond donors (Lipinski definition) is 0. The highest BCUT2D eigenvalue weighted by atomic mass is 32.1. The van der Waals surface area contributed by atoms with Gasteiger partial charge in [-0.2, -0.15) is 0 Å². The number of fused-ring (bicyclic) bond motifs is 3. The Morgan fingerprint density at radius 2 is 1.93 bits per heavy atom. The van der Waals surface area contributed by atoms with Crippen LogP contribution in [0.15, 0.2) is 47.8 Å². The number of unbranched alkanes of at least 4 members (excludes halogenated alkanes) is 1. The Labute approximate surface area is 185 Å². The molecular formula is C25H35N2O2S+. The highest BCUT2D eigenvalue weighted by Gasteiger charge is 2.47. The molecule has 0 spiro atoms. The molecule has 0 unspecified atom stereocenters. The van der Waals surface area contributed by atoms with Crippen molar-refractivity contribution < 1.29 is 14.0 Å². The fourth-order valence-electron chi connectivity index (χ4n) is 5.16. The molecule has 1 aromatic heterocycles. The van der Waals surface area contributed by atoms with Crippen molar-refractivity contribution in [2.75, 3.05) is 37.6 Å². The molecule has 1 amide bonds. The molecule has 2 bridgehead atoms. The van der Waals surface area contributed by atoms with Gasteiger partial charge in [-0.1, -0.05) is 37.6 Å². The van der Waals surface area contributed by atoms with Crippen LogP contribution in [0.4, 0.5) is 10.5 Å². The van der Waals surface area contributed by atoms with Crippen LogP contribution >= 0.6 is 11.3 Å². The second-order valence-electron chi connectivity index (χ2n) is 8.98. The van der Waals surface area contributed by atoms with Crippen LogP contribution in [0.25, 0.3) is 0 Å². The van der Waals surface area contributed by atoms with Gasteiger partial charge in [0.1, 0.15) is 6.54 Å². The number of benzene rings is 1. The number of nitrogens with zero attached hydrogens (tertiary/aromatic N) is 2. The van der Waals surface area contributed by atoms with Crippen molar-refractivity contribution in [3.8, 4) is 0 Å². The van der Waals surface area contributed by atoms with Crippen LogP contribution in [0.1, 0.15) is 43.9 Å². The standard InChI is InChI=1S/C25H35N2O2S/c1-2-3-15-26(22-9-5-4-6-10-22)25(28)29-24-20-27(17-13-21(24)14-18-27)16-7-11-23-12-8-19-30-23/h4-6,8-10,12,19,21,24H,2-3,7,11,13-18,20H2,1H3/q+1/t21?,24-,27?/m0/s1. The van der Waals surface area contributed by atoms with Crippen LogP contribution in [0.2, 0.25) is 0 Å². The van der Waals surface area contributed by atoms with Crippen molar-refractivity contribution in [3.63, 3.8) is 0 Å². The number of para-hydroxylation sites is 1. The normalized spacial score (nSPS) is 25.2. The van der Waals surface area contributed by atoms with Gasteiger partial charge in [-0.05, 0) is 36.4 Å². The Hall–Kier alpha value is -1.85. The predicted octanol–water partition coefficient (Wildman–Crippen LogP) is 5.73. The number of anilines is 1. The van der Waals surface area contributed by atoms with Gasteiger partial charge in [0.2, 0.25) is 0 Å². The maximum Gasteiger partial charge on any atom is 0.414 e. The Morgan fingerprint density at radius 1 is 1.13 bits per heavy atom. The number of hydrogen-bond acceptors (Lipinski definition) is 3. The van der Waals surface area contributed by atoms with E-state index in [1.54, 1.807) is 0 Å². The lowest BCUT2D eigenvalue weighted by Crippen LogP contribution is -2.65. The lowest BCUT2D eigenvalue weighted by atomic mass is 9.83. The number of piperidine rings is 3. The fraction of sp³-hybridized carbons (Fsp3) is 0.560. The highest BCUT2D eigenvalue weighted by Crippen LogP contribution is 2.36. The van der Waals surface area contributed by atoms with Crippen LogP contribution in [-0.4, -0.2) is 49.4 Å². The summed E-state index contributed by atoms with van der Waals surface area (Å²) in [7, 11) is 0. The van der Waals surface area contributed by atoms with E-state index in [1.807, 2.05) is 46.6 Å². The van der Waals surface area contributed by atoms with E-state index < -0.39 is 0 Å². The van der Waals surface area contributed by atoms with Crippen molar-refractivity contribution in [2.45, 2.75) is 51.6 Å². The van der Waals surface area contributed by atoms with Crippen molar-refractivity contribution in [1.82, 2.24) is 0 Å². The predicted molar refractivity (Wildman–Crippen MR) is 124 cm³/mol. The van der Waals surface area contributed by atoms with Crippen LogP contribution in [0, 0.1) is 5.92 Å². The molecule has 3 saturated heterocycles. The molecular weight excluding hydrogens is 392 g/mol. The third-order valence-corrected chi connectivity index (χ3v) is 7.89. The molecule has 4 heterocycles. The summed E-state index contributed by atoms with van der Waals surface area (Å²) in [6.45, 7) is 7.58. The maximum atomic E-state index is 13.2. The average Bonchev–Trinajstić information content (AvgIpc) is 3.29. The molecule has 4 nitrogen and oxygen atoms in total. The minimum absolute atomic E-state index is 0.0644. The minimum atomic E-state index is -0.162. The molecule has 3 aliphatic rings. The SMILES string of the molecule is CCCCN(C(=O)O[C@H]1C[N+]2(CCCc3cccs3)CCC1CC2)c1ccccc1. The third kappa shape index (κ3) is 5.06. The van der Waals surface area contributed by atoms with E-state index in [2.05, 4.69) is 24.4 Å². The molecule has 1 atom stereocenters. The topological polar surface area (TPSA) is 29.5 Å². The van der Waals surface area contributed by atoms with E-state index in [4.69, 9.17) is 4.74 Å². The molecule has 162 valence electrons. The number of carbonyl (C=O) groups is 1. The van der Waals surface area contributed by atoms with E-state index in [0.717, 1.165) is 36.1 Å². The number of thiophene rings is 1. The van der Waals surface area contributed by atoms with Gasteiger partial charge in [0.05, 0.1) is 19.6 Å². The van der Waals surface area contributed by atoms with Gasteiger partial charge >= 0.3 is 6.09 Å². The highest BCUT2D eigenvalue weighted by molar-refractivity contribution is 7.09.